The lowest BCUT2D eigenvalue weighted by Crippen LogP contribution is -2.37. The average molecular weight is 506 g/mol. The zero-order chi connectivity index (χ0) is 19.9. The van der Waals surface area contributed by atoms with Gasteiger partial charge in [0.15, 0.2) is 5.96 Å². The van der Waals surface area contributed by atoms with E-state index in [0.29, 0.717) is 24.2 Å². The van der Waals surface area contributed by atoms with Crippen molar-refractivity contribution in [1.29, 1.82) is 0 Å². The summed E-state index contributed by atoms with van der Waals surface area (Å²) >= 11 is 0. The van der Waals surface area contributed by atoms with E-state index in [-0.39, 0.29) is 35.8 Å². The number of guanidine groups is 1. The minimum atomic E-state index is -0.188. The summed E-state index contributed by atoms with van der Waals surface area (Å²) in [4.78, 5) is 32.6. The summed E-state index contributed by atoms with van der Waals surface area (Å²) < 4.78 is 0. The van der Waals surface area contributed by atoms with Crippen molar-refractivity contribution < 1.29 is 9.59 Å². The Morgan fingerprint density at radius 3 is 2.10 bits per heavy atom. The van der Waals surface area contributed by atoms with Crippen LogP contribution in [0.15, 0.2) is 59.6 Å². The lowest BCUT2D eigenvalue weighted by molar-refractivity contribution is 0.0652. The predicted octanol–water partition coefficient (Wildman–Crippen LogP) is 3.39. The van der Waals surface area contributed by atoms with E-state index in [4.69, 9.17) is 0 Å². The van der Waals surface area contributed by atoms with Gasteiger partial charge >= 0.3 is 0 Å². The van der Waals surface area contributed by atoms with Crippen LogP contribution in [0.1, 0.15) is 39.1 Å². The molecule has 0 radical (unpaired) electrons. The van der Waals surface area contributed by atoms with Crippen LogP contribution >= 0.6 is 24.0 Å². The molecule has 1 aliphatic heterocycles. The number of unbranched alkanes of at least 4 members (excludes halogenated alkanes) is 1. The van der Waals surface area contributed by atoms with Crippen molar-refractivity contribution in [3.63, 3.8) is 0 Å². The molecule has 0 fully saturated rings. The highest BCUT2D eigenvalue weighted by atomic mass is 127. The number of fused-ring (bicyclic) bond motifs is 1. The summed E-state index contributed by atoms with van der Waals surface area (Å²) in [7, 11) is 3.91. The number of imide groups is 1. The maximum atomic E-state index is 12.4. The smallest absolute Gasteiger partial charge is 0.261 e. The Kier molecular flexibility index (Phi) is 8.63. The number of nitrogens with zero attached hydrogens (tertiary/aromatic N) is 3. The van der Waals surface area contributed by atoms with Gasteiger partial charge in [0.25, 0.3) is 11.8 Å². The molecule has 0 spiro atoms. The summed E-state index contributed by atoms with van der Waals surface area (Å²) in [6, 6.07) is 17.1. The molecule has 0 bridgehead atoms. The van der Waals surface area contributed by atoms with Crippen molar-refractivity contribution in [1.82, 2.24) is 15.1 Å². The van der Waals surface area contributed by atoms with Crippen molar-refractivity contribution in [2.75, 3.05) is 27.2 Å². The van der Waals surface area contributed by atoms with Gasteiger partial charge < -0.3 is 10.2 Å². The van der Waals surface area contributed by atoms with Crippen LogP contribution < -0.4 is 5.32 Å². The molecule has 2 amide bonds. The molecule has 29 heavy (non-hydrogen) atoms. The fourth-order valence-electron chi connectivity index (χ4n) is 3.14. The van der Waals surface area contributed by atoms with E-state index in [2.05, 4.69) is 22.4 Å². The Morgan fingerprint density at radius 1 is 0.931 bits per heavy atom. The van der Waals surface area contributed by atoms with Gasteiger partial charge in [-0.05, 0) is 30.5 Å². The first-order chi connectivity index (χ1) is 13.6. The third-order valence-corrected chi connectivity index (χ3v) is 4.65. The van der Waals surface area contributed by atoms with Crippen LogP contribution in [-0.4, -0.2) is 54.8 Å². The highest BCUT2D eigenvalue weighted by molar-refractivity contribution is 14.0. The van der Waals surface area contributed by atoms with Crippen molar-refractivity contribution in [3.8, 4) is 0 Å². The fourth-order valence-corrected chi connectivity index (χ4v) is 3.14. The third kappa shape index (κ3) is 5.79. The molecular weight excluding hydrogens is 479 g/mol. The average Bonchev–Trinajstić information content (AvgIpc) is 2.95. The second-order valence-electron chi connectivity index (χ2n) is 6.96. The topological polar surface area (TPSA) is 65.0 Å². The maximum Gasteiger partial charge on any atom is 0.261 e. The molecule has 0 aliphatic carbocycles. The molecule has 1 N–H and O–H groups in total. The lowest BCUT2D eigenvalue weighted by atomic mass is 10.1. The Labute approximate surface area is 189 Å². The lowest BCUT2D eigenvalue weighted by Gasteiger charge is -2.18. The van der Waals surface area contributed by atoms with Gasteiger partial charge in [-0.1, -0.05) is 42.5 Å². The molecular formula is C22H27IN4O2. The summed E-state index contributed by atoms with van der Waals surface area (Å²) in [5.74, 6) is 0.448. The van der Waals surface area contributed by atoms with Crippen molar-refractivity contribution >= 4 is 41.8 Å². The molecule has 7 heteroatoms. The van der Waals surface area contributed by atoms with Gasteiger partial charge in [0.1, 0.15) is 0 Å². The summed E-state index contributed by atoms with van der Waals surface area (Å²) in [5, 5.41) is 3.34. The predicted molar refractivity (Wildman–Crippen MR) is 126 cm³/mol. The maximum absolute atomic E-state index is 12.4. The van der Waals surface area contributed by atoms with Crippen LogP contribution in [0.3, 0.4) is 0 Å². The van der Waals surface area contributed by atoms with E-state index in [9.17, 15) is 9.59 Å². The van der Waals surface area contributed by atoms with Gasteiger partial charge in [-0.25, -0.2) is 4.99 Å². The van der Waals surface area contributed by atoms with Gasteiger partial charge in [0.05, 0.1) is 17.7 Å². The van der Waals surface area contributed by atoms with Gasteiger partial charge in [-0.2, -0.15) is 0 Å². The molecule has 2 aromatic carbocycles. The second kappa shape index (κ2) is 10.9. The number of carbonyl (C=O) groups is 2. The molecule has 1 aliphatic rings. The molecule has 6 nitrogen and oxygen atoms in total. The number of rotatable bonds is 7. The second-order valence-corrected chi connectivity index (χ2v) is 6.96. The highest BCUT2D eigenvalue weighted by Gasteiger charge is 2.34. The summed E-state index contributed by atoms with van der Waals surface area (Å²) in [5.41, 5.74) is 2.18. The molecule has 0 unspecified atom stereocenters. The number of carbonyl (C=O) groups excluding carboxylic acids is 2. The van der Waals surface area contributed by atoms with Gasteiger partial charge in [0, 0.05) is 27.2 Å². The summed E-state index contributed by atoms with van der Waals surface area (Å²) in [6.07, 6.45) is 1.59. The van der Waals surface area contributed by atoms with Crippen molar-refractivity contribution in [2.24, 2.45) is 4.99 Å². The van der Waals surface area contributed by atoms with Crippen LogP contribution in [0.2, 0.25) is 0 Å². The summed E-state index contributed by atoms with van der Waals surface area (Å²) in [6.45, 7) is 1.79. The van der Waals surface area contributed by atoms with Crippen LogP contribution in [-0.2, 0) is 6.54 Å². The van der Waals surface area contributed by atoms with E-state index in [0.717, 1.165) is 30.9 Å². The van der Waals surface area contributed by atoms with E-state index >= 15 is 0 Å². The minimum absolute atomic E-state index is 0. The number of aliphatic imine (C=N–C) groups is 1. The molecule has 1 heterocycles. The number of nitrogens with one attached hydrogen (secondary N) is 1. The van der Waals surface area contributed by atoms with E-state index in [1.165, 1.54) is 4.90 Å². The number of amides is 2. The van der Waals surface area contributed by atoms with Crippen LogP contribution in [0.4, 0.5) is 0 Å². The zero-order valence-electron chi connectivity index (χ0n) is 16.8. The Morgan fingerprint density at radius 2 is 1.52 bits per heavy atom. The van der Waals surface area contributed by atoms with E-state index < -0.39 is 0 Å². The number of benzene rings is 2. The number of hydrogen-bond donors (Lipinski definition) is 1. The Bertz CT molecular complexity index is 833. The molecule has 2 aromatic rings. The van der Waals surface area contributed by atoms with Crippen LogP contribution in [0, 0.1) is 0 Å². The third-order valence-electron chi connectivity index (χ3n) is 4.65. The molecule has 0 atom stereocenters. The monoisotopic (exact) mass is 506 g/mol. The fraction of sp³-hybridized carbons (Fsp3) is 0.318. The first-order valence-electron chi connectivity index (χ1n) is 9.52. The quantitative estimate of drug-likeness (QED) is 0.206. The Balaban J connectivity index is 0.00000300. The van der Waals surface area contributed by atoms with Gasteiger partial charge in [0.2, 0.25) is 0 Å². The largest absolute Gasteiger partial charge is 0.356 e. The van der Waals surface area contributed by atoms with Crippen LogP contribution in [0.25, 0.3) is 0 Å². The normalized spacial score (nSPS) is 13.2. The van der Waals surface area contributed by atoms with E-state index in [1.54, 1.807) is 24.3 Å². The molecule has 0 saturated carbocycles. The van der Waals surface area contributed by atoms with Crippen molar-refractivity contribution in [3.05, 3.63) is 71.3 Å². The van der Waals surface area contributed by atoms with Gasteiger partial charge in [-0.15, -0.1) is 24.0 Å². The molecule has 154 valence electrons. The molecule has 0 aromatic heterocycles. The first-order valence-corrected chi connectivity index (χ1v) is 9.52. The van der Waals surface area contributed by atoms with Gasteiger partial charge in [-0.3, -0.25) is 14.5 Å². The Hall–Kier alpha value is -2.42. The molecule has 3 rings (SSSR count). The zero-order valence-corrected chi connectivity index (χ0v) is 19.1. The number of hydrogen-bond acceptors (Lipinski definition) is 3. The first kappa shape index (κ1) is 22.9. The van der Waals surface area contributed by atoms with E-state index in [1.807, 2.05) is 37.2 Å². The van der Waals surface area contributed by atoms with Crippen molar-refractivity contribution in [2.45, 2.75) is 19.4 Å². The highest BCUT2D eigenvalue weighted by Crippen LogP contribution is 2.22. The standard InChI is InChI=1S/C22H26N4O2.HI/c1-25(2)22(24-16-17-10-4-3-5-11-17)23-14-8-9-15-26-20(27)18-12-6-7-13-19(18)21(26)28;/h3-7,10-13H,8-9,14-16H2,1-2H3,(H,23,24);1H. The van der Waals surface area contributed by atoms with Crippen LogP contribution in [0.5, 0.6) is 0 Å². The SMILES string of the molecule is CN(C)C(=NCc1ccccc1)NCCCCN1C(=O)c2ccccc2C1=O.I. The number of halogens is 1. The molecule has 0 saturated heterocycles. The minimum Gasteiger partial charge on any atom is -0.356 e.